The van der Waals surface area contributed by atoms with Crippen LogP contribution in [-0.2, 0) is 0 Å². The first-order chi connectivity index (χ1) is 15.5. The topological polar surface area (TPSA) is 118 Å². The summed E-state index contributed by atoms with van der Waals surface area (Å²) < 4.78 is 0. The van der Waals surface area contributed by atoms with Crippen LogP contribution in [0.1, 0.15) is 22.3 Å². The van der Waals surface area contributed by atoms with Gasteiger partial charge in [-0.2, -0.15) is 10.5 Å². The maximum Gasteiger partial charge on any atom is 0.260 e. The number of anilines is 2. The van der Waals surface area contributed by atoms with E-state index in [0.29, 0.717) is 22.3 Å². The maximum absolute atomic E-state index is 12.8. The van der Waals surface area contributed by atoms with Crippen LogP contribution in [0, 0.1) is 36.5 Å². The molecular formula is C25H18N6O. The van der Waals surface area contributed by atoms with E-state index in [1.54, 1.807) is 24.3 Å². The summed E-state index contributed by atoms with van der Waals surface area (Å²) in [5.74, 6) is 0.723. The first-order valence-corrected chi connectivity index (χ1v) is 9.84. The van der Waals surface area contributed by atoms with Crippen molar-refractivity contribution in [2.24, 2.45) is 0 Å². The molecule has 0 saturated heterocycles. The Bertz CT molecular complexity index is 1480. The lowest BCUT2D eigenvalue weighted by molar-refractivity contribution is 1.15. The molecule has 0 fully saturated rings. The number of hydrogen-bond acceptors (Lipinski definition) is 6. The Morgan fingerprint density at radius 3 is 2.53 bits per heavy atom. The Kier molecular flexibility index (Phi) is 5.48. The van der Waals surface area contributed by atoms with Crippen LogP contribution in [0.25, 0.3) is 28.1 Å². The Morgan fingerprint density at radius 2 is 1.88 bits per heavy atom. The summed E-state index contributed by atoms with van der Waals surface area (Å²) in [6.45, 7) is 4.00. The minimum absolute atomic E-state index is 0.260. The zero-order chi connectivity index (χ0) is 22.7. The van der Waals surface area contributed by atoms with E-state index in [2.05, 4.69) is 20.3 Å². The standard InChI is InChI=1S/C25H18N6O/c1-15-11-17(5-4-10-26)12-16(2)22(15)19-6-3-7-20-23(19)30-25(31-24(20)32)29-21-9-8-18(13-27)14-28-21/h3-9,11-12,14H,1-2H3,(H2,28,29,30,31,32). The molecule has 0 aliphatic carbocycles. The summed E-state index contributed by atoms with van der Waals surface area (Å²) in [5, 5.41) is 21.2. The smallest absolute Gasteiger partial charge is 0.260 e. The highest BCUT2D eigenvalue weighted by molar-refractivity contribution is 5.95. The zero-order valence-corrected chi connectivity index (χ0v) is 17.5. The van der Waals surface area contributed by atoms with Gasteiger partial charge in [-0.1, -0.05) is 24.3 Å². The molecule has 4 aromatic rings. The second-order valence-electron chi connectivity index (χ2n) is 7.28. The molecule has 2 aromatic heterocycles. The number of rotatable bonds is 4. The minimum atomic E-state index is -0.267. The van der Waals surface area contributed by atoms with Gasteiger partial charge in [0, 0.05) is 17.8 Å². The van der Waals surface area contributed by atoms with E-state index in [9.17, 15) is 4.79 Å². The van der Waals surface area contributed by atoms with Crippen molar-refractivity contribution in [1.82, 2.24) is 15.0 Å². The van der Waals surface area contributed by atoms with Gasteiger partial charge in [0.25, 0.3) is 5.56 Å². The Labute approximate surface area is 184 Å². The fourth-order valence-electron chi connectivity index (χ4n) is 3.73. The van der Waals surface area contributed by atoms with Crippen LogP contribution < -0.4 is 10.9 Å². The summed E-state index contributed by atoms with van der Waals surface area (Å²) in [7, 11) is 0. The van der Waals surface area contributed by atoms with Crippen molar-refractivity contribution in [2.75, 3.05) is 5.32 Å². The molecule has 0 unspecified atom stereocenters. The van der Waals surface area contributed by atoms with E-state index in [4.69, 9.17) is 10.5 Å². The molecule has 4 rings (SSSR count). The number of allylic oxidation sites excluding steroid dienone is 1. The van der Waals surface area contributed by atoms with Gasteiger partial charge in [-0.05, 0) is 60.4 Å². The van der Waals surface area contributed by atoms with Crippen LogP contribution in [-0.4, -0.2) is 15.0 Å². The van der Waals surface area contributed by atoms with Crippen molar-refractivity contribution < 1.29 is 0 Å². The summed E-state index contributed by atoms with van der Waals surface area (Å²) in [4.78, 5) is 24.4. The van der Waals surface area contributed by atoms with Crippen molar-refractivity contribution in [3.63, 3.8) is 0 Å². The fourth-order valence-corrected chi connectivity index (χ4v) is 3.73. The number of aromatic nitrogens is 3. The summed E-state index contributed by atoms with van der Waals surface area (Å²) in [6.07, 6.45) is 4.66. The lowest BCUT2D eigenvalue weighted by Gasteiger charge is -2.14. The van der Waals surface area contributed by atoms with Crippen molar-refractivity contribution >= 4 is 28.7 Å². The number of para-hydroxylation sites is 1. The van der Waals surface area contributed by atoms with Crippen LogP contribution in [0.4, 0.5) is 11.8 Å². The second-order valence-corrected chi connectivity index (χ2v) is 7.28. The predicted molar refractivity (Wildman–Crippen MR) is 124 cm³/mol. The molecule has 0 radical (unpaired) electrons. The van der Waals surface area contributed by atoms with E-state index in [1.165, 1.54) is 12.3 Å². The van der Waals surface area contributed by atoms with Crippen LogP contribution >= 0.6 is 0 Å². The number of H-pyrrole nitrogens is 1. The molecule has 7 nitrogen and oxygen atoms in total. The molecule has 2 heterocycles. The fraction of sp³-hybridized carbons (Fsp3) is 0.0800. The third-order valence-electron chi connectivity index (χ3n) is 5.05. The van der Waals surface area contributed by atoms with Crippen LogP contribution in [0.2, 0.25) is 0 Å². The molecule has 2 aromatic carbocycles. The van der Waals surface area contributed by atoms with Gasteiger partial charge >= 0.3 is 0 Å². The van der Waals surface area contributed by atoms with Gasteiger partial charge in [0.15, 0.2) is 0 Å². The van der Waals surface area contributed by atoms with E-state index < -0.39 is 0 Å². The lowest BCUT2D eigenvalue weighted by Crippen LogP contribution is -2.12. The molecular weight excluding hydrogens is 400 g/mol. The van der Waals surface area contributed by atoms with Crippen molar-refractivity contribution in [3.8, 4) is 23.3 Å². The van der Waals surface area contributed by atoms with Crippen molar-refractivity contribution in [1.29, 1.82) is 10.5 Å². The SMILES string of the molecule is Cc1cc(C=CC#N)cc(C)c1-c1cccc2c(=O)[nH]c(Nc3ccc(C#N)cn3)nc12. The largest absolute Gasteiger partial charge is 0.310 e. The zero-order valence-electron chi connectivity index (χ0n) is 17.5. The number of fused-ring (bicyclic) bond motifs is 1. The first-order valence-electron chi connectivity index (χ1n) is 9.84. The number of aryl methyl sites for hydroxylation is 2. The number of nitrogens with zero attached hydrogens (tertiary/aromatic N) is 4. The Hall–Kier alpha value is -4.75. The summed E-state index contributed by atoms with van der Waals surface area (Å²) in [5.41, 5.74) is 5.54. The van der Waals surface area contributed by atoms with Crippen LogP contribution in [0.3, 0.4) is 0 Å². The van der Waals surface area contributed by atoms with E-state index in [1.807, 2.05) is 50.3 Å². The van der Waals surface area contributed by atoms with Gasteiger partial charge in [-0.3, -0.25) is 9.78 Å². The normalized spacial score (nSPS) is 10.8. The van der Waals surface area contributed by atoms with Gasteiger partial charge in [0.1, 0.15) is 11.9 Å². The molecule has 0 aliphatic rings. The van der Waals surface area contributed by atoms with Gasteiger partial charge in [-0.25, -0.2) is 9.97 Å². The van der Waals surface area contributed by atoms with Gasteiger partial charge in [0.05, 0.1) is 22.5 Å². The molecule has 2 N–H and O–H groups in total. The molecule has 154 valence electrons. The molecule has 0 spiro atoms. The molecule has 0 saturated carbocycles. The maximum atomic E-state index is 12.8. The lowest BCUT2D eigenvalue weighted by atomic mass is 9.92. The second kappa shape index (κ2) is 8.55. The van der Waals surface area contributed by atoms with Crippen molar-refractivity contribution in [3.05, 3.63) is 87.3 Å². The third kappa shape index (κ3) is 3.96. The molecule has 7 heteroatoms. The average Bonchev–Trinajstić information content (AvgIpc) is 2.78. The van der Waals surface area contributed by atoms with Gasteiger partial charge < -0.3 is 5.32 Å². The number of aromatic amines is 1. The van der Waals surface area contributed by atoms with E-state index in [-0.39, 0.29) is 11.5 Å². The molecule has 0 amide bonds. The van der Waals surface area contributed by atoms with Gasteiger partial charge in [0.2, 0.25) is 5.95 Å². The Balaban J connectivity index is 1.84. The molecule has 0 bridgehead atoms. The van der Waals surface area contributed by atoms with Crippen molar-refractivity contribution in [2.45, 2.75) is 13.8 Å². The monoisotopic (exact) mass is 418 g/mol. The highest BCUT2D eigenvalue weighted by Gasteiger charge is 2.14. The molecule has 0 aliphatic heterocycles. The van der Waals surface area contributed by atoms with Gasteiger partial charge in [-0.15, -0.1) is 0 Å². The van der Waals surface area contributed by atoms with E-state index >= 15 is 0 Å². The summed E-state index contributed by atoms with van der Waals surface area (Å²) >= 11 is 0. The highest BCUT2D eigenvalue weighted by Crippen LogP contribution is 2.33. The number of hydrogen-bond donors (Lipinski definition) is 2. The van der Waals surface area contributed by atoms with Crippen LogP contribution in [0.15, 0.2) is 59.5 Å². The number of pyridine rings is 1. The number of nitriles is 2. The molecule has 32 heavy (non-hydrogen) atoms. The highest BCUT2D eigenvalue weighted by atomic mass is 16.1. The summed E-state index contributed by atoms with van der Waals surface area (Å²) in [6, 6.07) is 16.8. The Morgan fingerprint density at radius 1 is 1.09 bits per heavy atom. The molecule has 0 atom stereocenters. The average molecular weight is 418 g/mol. The minimum Gasteiger partial charge on any atom is -0.310 e. The van der Waals surface area contributed by atoms with Crippen LogP contribution in [0.5, 0.6) is 0 Å². The third-order valence-corrected chi connectivity index (χ3v) is 5.05. The number of nitrogens with one attached hydrogen (secondary N) is 2. The predicted octanol–water partition coefficient (Wildman–Crippen LogP) is 4.75. The van der Waals surface area contributed by atoms with E-state index in [0.717, 1.165) is 27.8 Å². The first kappa shape index (κ1) is 20.5. The number of benzene rings is 2. The quantitative estimate of drug-likeness (QED) is 0.462.